The van der Waals surface area contributed by atoms with E-state index in [1.54, 1.807) is 0 Å². The molecule has 2 N–H and O–H groups in total. The highest BCUT2D eigenvalue weighted by Crippen LogP contribution is 2.27. The molecule has 0 saturated carbocycles. The third kappa shape index (κ3) is 3.03. The first-order chi connectivity index (χ1) is 10.1. The van der Waals surface area contributed by atoms with E-state index in [4.69, 9.17) is 0 Å². The highest BCUT2D eigenvalue weighted by molar-refractivity contribution is 5.65. The summed E-state index contributed by atoms with van der Waals surface area (Å²) < 4.78 is 0. The van der Waals surface area contributed by atoms with Gasteiger partial charge in [0, 0.05) is 5.56 Å². The summed E-state index contributed by atoms with van der Waals surface area (Å²) in [6.07, 6.45) is 7.06. The molecule has 1 atom stereocenters. The van der Waals surface area contributed by atoms with E-state index in [9.17, 15) is 0 Å². The molecule has 0 spiro atoms. The van der Waals surface area contributed by atoms with Crippen LogP contribution in [-0.2, 0) is 0 Å². The minimum Gasteiger partial charge on any atom is -0.341 e. The molecule has 0 radical (unpaired) electrons. The Morgan fingerprint density at radius 2 is 1.81 bits per heavy atom. The van der Waals surface area contributed by atoms with Crippen LogP contribution < -0.4 is 5.32 Å². The molecule has 1 saturated heterocycles. The largest absolute Gasteiger partial charge is 0.341 e. The molecule has 1 fully saturated rings. The van der Waals surface area contributed by atoms with Gasteiger partial charge >= 0.3 is 0 Å². The van der Waals surface area contributed by atoms with Crippen molar-refractivity contribution < 1.29 is 0 Å². The van der Waals surface area contributed by atoms with E-state index in [2.05, 4.69) is 48.2 Å². The zero-order valence-corrected chi connectivity index (χ0v) is 13.3. The second-order valence-corrected chi connectivity index (χ2v) is 6.29. The number of H-pyrrole nitrogens is 1. The second-order valence-electron chi connectivity index (χ2n) is 6.29. The molecule has 3 rings (SSSR count). The molecule has 0 aliphatic carbocycles. The summed E-state index contributed by atoms with van der Waals surface area (Å²) in [7, 11) is 0. The van der Waals surface area contributed by atoms with Crippen molar-refractivity contribution in [2.45, 2.75) is 52.5 Å². The van der Waals surface area contributed by atoms with Gasteiger partial charge in [0.2, 0.25) is 0 Å². The molecule has 0 bridgehead atoms. The Kier molecular flexibility index (Phi) is 4.11. The molecule has 112 valence electrons. The molecule has 1 unspecified atom stereocenters. The van der Waals surface area contributed by atoms with Crippen LogP contribution in [0.25, 0.3) is 11.3 Å². The van der Waals surface area contributed by atoms with Gasteiger partial charge in [-0.1, -0.05) is 18.9 Å². The van der Waals surface area contributed by atoms with Crippen molar-refractivity contribution in [3.8, 4) is 11.3 Å². The van der Waals surface area contributed by atoms with Crippen LogP contribution in [0.5, 0.6) is 0 Å². The minimum absolute atomic E-state index is 0.383. The molecule has 1 aromatic heterocycles. The lowest BCUT2D eigenvalue weighted by molar-refractivity contribution is 0.512. The van der Waals surface area contributed by atoms with E-state index < -0.39 is 0 Å². The predicted octanol–water partition coefficient (Wildman–Crippen LogP) is 4.21. The van der Waals surface area contributed by atoms with Crippen LogP contribution in [0, 0.1) is 20.8 Å². The molecule has 1 aliphatic heterocycles. The van der Waals surface area contributed by atoms with Crippen LogP contribution in [-0.4, -0.2) is 16.5 Å². The first-order valence-electron chi connectivity index (χ1n) is 8.01. The van der Waals surface area contributed by atoms with Gasteiger partial charge in [-0.3, -0.25) is 0 Å². The Bertz CT molecular complexity index is 619. The molecule has 2 aromatic rings. The van der Waals surface area contributed by atoms with Crippen molar-refractivity contribution in [3.63, 3.8) is 0 Å². The van der Waals surface area contributed by atoms with E-state index >= 15 is 0 Å². The molecule has 21 heavy (non-hydrogen) atoms. The fourth-order valence-corrected chi connectivity index (χ4v) is 3.16. The number of hydrogen-bond donors (Lipinski definition) is 2. The van der Waals surface area contributed by atoms with Gasteiger partial charge in [0.1, 0.15) is 5.82 Å². The first kappa shape index (κ1) is 14.3. The Labute approximate surface area is 127 Å². The summed E-state index contributed by atoms with van der Waals surface area (Å²) >= 11 is 0. The molecule has 2 heterocycles. The Morgan fingerprint density at radius 3 is 2.67 bits per heavy atom. The smallest absolute Gasteiger partial charge is 0.123 e. The van der Waals surface area contributed by atoms with Gasteiger partial charge in [-0.15, -0.1) is 0 Å². The summed E-state index contributed by atoms with van der Waals surface area (Å²) in [5.74, 6) is 1.09. The number of nitrogens with one attached hydrogen (secondary N) is 2. The number of aromatic amines is 1. The van der Waals surface area contributed by atoms with E-state index in [0.717, 1.165) is 18.1 Å². The monoisotopic (exact) mass is 283 g/mol. The van der Waals surface area contributed by atoms with E-state index in [1.807, 2.05) is 6.20 Å². The summed E-state index contributed by atoms with van der Waals surface area (Å²) in [5.41, 5.74) is 6.39. The fraction of sp³-hybridized carbons (Fsp3) is 0.500. The topological polar surface area (TPSA) is 40.7 Å². The average Bonchev–Trinajstić information content (AvgIpc) is 2.78. The lowest BCUT2D eigenvalue weighted by Crippen LogP contribution is -2.21. The summed E-state index contributed by atoms with van der Waals surface area (Å²) in [6, 6.07) is 4.91. The number of aryl methyl sites for hydroxylation is 3. The number of hydrogen-bond acceptors (Lipinski definition) is 2. The number of imidazole rings is 1. The number of nitrogens with zero attached hydrogens (tertiary/aromatic N) is 1. The van der Waals surface area contributed by atoms with Gasteiger partial charge in [0.15, 0.2) is 0 Å². The van der Waals surface area contributed by atoms with Crippen molar-refractivity contribution >= 4 is 0 Å². The van der Waals surface area contributed by atoms with Crippen molar-refractivity contribution in [2.75, 3.05) is 6.54 Å². The Hall–Kier alpha value is -1.61. The molecular formula is C18H25N3. The third-order valence-electron chi connectivity index (χ3n) is 4.62. The predicted molar refractivity (Wildman–Crippen MR) is 87.4 cm³/mol. The van der Waals surface area contributed by atoms with Crippen molar-refractivity contribution in [2.24, 2.45) is 0 Å². The molecule has 3 nitrogen and oxygen atoms in total. The number of benzene rings is 1. The highest BCUT2D eigenvalue weighted by Gasteiger charge is 2.17. The van der Waals surface area contributed by atoms with Crippen molar-refractivity contribution in [1.82, 2.24) is 15.3 Å². The first-order valence-corrected chi connectivity index (χ1v) is 8.01. The van der Waals surface area contributed by atoms with Crippen LogP contribution >= 0.6 is 0 Å². The maximum Gasteiger partial charge on any atom is 0.123 e. The third-order valence-corrected chi connectivity index (χ3v) is 4.62. The molecule has 1 aliphatic rings. The normalized spacial score (nSPS) is 19.5. The van der Waals surface area contributed by atoms with Gasteiger partial charge in [-0.25, -0.2) is 4.98 Å². The lowest BCUT2D eigenvalue weighted by atomic mass is 9.99. The molecule has 0 amide bonds. The van der Waals surface area contributed by atoms with Crippen LogP contribution in [0.1, 0.15) is 54.2 Å². The number of rotatable bonds is 2. The zero-order chi connectivity index (χ0) is 14.8. The minimum atomic E-state index is 0.383. The zero-order valence-electron chi connectivity index (χ0n) is 13.3. The Balaban J connectivity index is 1.89. The Morgan fingerprint density at radius 1 is 1.00 bits per heavy atom. The van der Waals surface area contributed by atoms with Crippen LogP contribution in [0.15, 0.2) is 18.3 Å². The standard InChI is InChI=1S/C18H25N3/c1-12-9-14(3)15(10-13(12)2)17-11-20-18(21-17)16-7-5-4-6-8-19-16/h9-11,16,19H,4-8H2,1-3H3,(H,20,21). The van der Waals surface area contributed by atoms with Crippen molar-refractivity contribution in [3.05, 3.63) is 40.8 Å². The van der Waals surface area contributed by atoms with E-state index in [1.165, 1.54) is 47.9 Å². The summed E-state index contributed by atoms with van der Waals surface area (Å²) in [5, 5.41) is 3.60. The molecular weight excluding hydrogens is 258 g/mol. The number of aromatic nitrogens is 2. The summed E-state index contributed by atoms with van der Waals surface area (Å²) in [4.78, 5) is 8.17. The van der Waals surface area contributed by atoms with Crippen molar-refractivity contribution in [1.29, 1.82) is 0 Å². The quantitative estimate of drug-likeness (QED) is 0.867. The maximum atomic E-state index is 4.63. The average molecular weight is 283 g/mol. The highest BCUT2D eigenvalue weighted by atomic mass is 15.0. The van der Waals surface area contributed by atoms with Gasteiger partial charge < -0.3 is 10.3 Å². The van der Waals surface area contributed by atoms with Crippen LogP contribution in [0.4, 0.5) is 0 Å². The van der Waals surface area contributed by atoms with Gasteiger partial charge in [0.25, 0.3) is 0 Å². The van der Waals surface area contributed by atoms with E-state index in [-0.39, 0.29) is 0 Å². The molecule has 3 heteroatoms. The SMILES string of the molecule is Cc1cc(C)c(-c2cnc(C3CCCCCN3)[nH]2)cc1C. The molecule has 1 aromatic carbocycles. The second kappa shape index (κ2) is 6.02. The van der Waals surface area contributed by atoms with Crippen LogP contribution in [0.2, 0.25) is 0 Å². The van der Waals surface area contributed by atoms with Gasteiger partial charge in [-0.05, 0) is 62.9 Å². The van der Waals surface area contributed by atoms with E-state index in [0.29, 0.717) is 6.04 Å². The lowest BCUT2D eigenvalue weighted by Gasteiger charge is -2.13. The maximum absolute atomic E-state index is 4.63. The van der Waals surface area contributed by atoms with Gasteiger partial charge in [-0.2, -0.15) is 0 Å². The van der Waals surface area contributed by atoms with Gasteiger partial charge in [0.05, 0.1) is 17.9 Å². The fourth-order valence-electron chi connectivity index (χ4n) is 3.16. The van der Waals surface area contributed by atoms with Crippen LogP contribution in [0.3, 0.4) is 0 Å². The summed E-state index contributed by atoms with van der Waals surface area (Å²) in [6.45, 7) is 7.61.